The second-order valence-electron chi connectivity index (χ2n) is 9.67. The second kappa shape index (κ2) is 11.9. The molecule has 0 atom stereocenters. The zero-order valence-corrected chi connectivity index (χ0v) is 24.2. The average molecular weight is 554 g/mol. The number of anilines is 2. The van der Waals surface area contributed by atoms with Crippen molar-refractivity contribution in [3.63, 3.8) is 0 Å². The number of nitrogens with two attached hydrogens (primary N) is 1. The monoisotopic (exact) mass is 553 g/mol. The molecule has 3 aromatic heterocycles. The van der Waals surface area contributed by atoms with Gasteiger partial charge in [-0.3, -0.25) is 4.79 Å². The summed E-state index contributed by atoms with van der Waals surface area (Å²) in [6, 6.07) is 13.8. The number of aromatic amines is 1. The third kappa shape index (κ3) is 5.46. The molecule has 0 aliphatic carbocycles. The van der Waals surface area contributed by atoms with E-state index in [0.29, 0.717) is 22.9 Å². The second-order valence-corrected chi connectivity index (χ2v) is 10.5. The number of nitrogen functional groups attached to an aromatic ring is 1. The third-order valence-electron chi connectivity index (χ3n) is 7.31. The molecular weight excluding hydrogens is 518 g/mol. The van der Waals surface area contributed by atoms with Gasteiger partial charge in [0.25, 0.3) is 5.91 Å². The number of aryl methyl sites for hydroxylation is 1. The van der Waals surface area contributed by atoms with Gasteiger partial charge < -0.3 is 25.7 Å². The molecule has 7 nitrogen and oxygen atoms in total. The SMILES string of the molecule is CCc1ccc2[nH]c(C(=O)Nc3ccc(-c4csc5c(/C=C/CN(CC)CC)cnc(N)c45)cc3OC)cc2c1. The van der Waals surface area contributed by atoms with E-state index in [-0.39, 0.29) is 5.91 Å². The Labute approximate surface area is 238 Å². The van der Waals surface area contributed by atoms with Crippen LogP contribution in [-0.4, -0.2) is 47.5 Å². The lowest BCUT2D eigenvalue weighted by molar-refractivity contribution is 0.102. The Bertz CT molecular complexity index is 1700. The molecule has 0 aliphatic heterocycles. The number of thiophene rings is 1. The van der Waals surface area contributed by atoms with E-state index in [4.69, 9.17) is 10.5 Å². The van der Waals surface area contributed by atoms with E-state index in [1.165, 1.54) is 5.56 Å². The number of rotatable bonds is 10. The number of nitrogens with one attached hydrogen (secondary N) is 2. The van der Waals surface area contributed by atoms with Gasteiger partial charge in [-0.05, 0) is 66.3 Å². The highest BCUT2D eigenvalue weighted by atomic mass is 32.1. The Kier molecular flexibility index (Phi) is 8.19. The number of nitrogens with zero attached hydrogens (tertiary/aromatic N) is 2. The number of H-pyrrole nitrogens is 1. The fourth-order valence-electron chi connectivity index (χ4n) is 4.90. The normalized spacial score (nSPS) is 11.7. The summed E-state index contributed by atoms with van der Waals surface area (Å²) < 4.78 is 6.79. The summed E-state index contributed by atoms with van der Waals surface area (Å²) in [5, 5.41) is 7.05. The van der Waals surface area contributed by atoms with Gasteiger partial charge in [-0.15, -0.1) is 11.3 Å². The first kappa shape index (κ1) is 27.4. The predicted octanol–water partition coefficient (Wildman–Crippen LogP) is 7.21. The van der Waals surface area contributed by atoms with Gasteiger partial charge in [-0.25, -0.2) is 4.98 Å². The van der Waals surface area contributed by atoms with Crippen molar-refractivity contribution in [1.29, 1.82) is 0 Å². The minimum atomic E-state index is -0.226. The van der Waals surface area contributed by atoms with Crippen molar-refractivity contribution in [2.45, 2.75) is 27.2 Å². The summed E-state index contributed by atoms with van der Waals surface area (Å²) in [5.74, 6) is 0.834. The van der Waals surface area contributed by atoms with Crippen molar-refractivity contribution in [2.24, 2.45) is 0 Å². The first-order chi connectivity index (χ1) is 19.4. The van der Waals surface area contributed by atoms with Crippen molar-refractivity contribution in [1.82, 2.24) is 14.9 Å². The van der Waals surface area contributed by atoms with Gasteiger partial charge in [0.2, 0.25) is 0 Å². The fraction of sp³-hybridized carbons (Fsp3) is 0.250. The quantitative estimate of drug-likeness (QED) is 0.170. The molecule has 0 saturated carbocycles. The van der Waals surface area contributed by atoms with E-state index in [2.05, 4.69) is 70.6 Å². The molecule has 2 aromatic carbocycles. The molecule has 0 bridgehead atoms. The van der Waals surface area contributed by atoms with Crippen LogP contribution in [0.5, 0.6) is 5.75 Å². The minimum absolute atomic E-state index is 0.226. The molecule has 40 heavy (non-hydrogen) atoms. The van der Waals surface area contributed by atoms with Crippen molar-refractivity contribution in [2.75, 3.05) is 37.8 Å². The lowest BCUT2D eigenvalue weighted by Crippen LogP contribution is -2.22. The molecule has 1 amide bonds. The zero-order chi connectivity index (χ0) is 28.2. The van der Waals surface area contributed by atoms with E-state index < -0.39 is 0 Å². The van der Waals surface area contributed by atoms with E-state index in [1.54, 1.807) is 18.4 Å². The zero-order valence-electron chi connectivity index (χ0n) is 23.4. The van der Waals surface area contributed by atoms with Crippen LogP contribution in [0.15, 0.2) is 60.1 Å². The van der Waals surface area contributed by atoms with E-state index in [9.17, 15) is 4.79 Å². The third-order valence-corrected chi connectivity index (χ3v) is 8.34. The van der Waals surface area contributed by atoms with Crippen molar-refractivity contribution < 1.29 is 9.53 Å². The molecule has 8 heteroatoms. The van der Waals surface area contributed by atoms with Crippen LogP contribution in [0.2, 0.25) is 0 Å². The Morgan fingerprint density at radius 1 is 1.15 bits per heavy atom. The number of fused-ring (bicyclic) bond motifs is 2. The van der Waals surface area contributed by atoms with Crippen molar-refractivity contribution >= 4 is 55.8 Å². The number of hydrogen-bond acceptors (Lipinski definition) is 6. The number of benzene rings is 2. The van der Waals surface area contributed by atoms with Crippen LogP contribution < -0.4 is 15.8 Å². The van der Waals surface area contributed by atoms with Crippen LogP contribution in [0, 0.1) is 0 Å². The van der Waals surface area contributed by atoms with Crippen LogP contribution >= 0.6 is 11.3 Å². The fourth-order valence-corrected chi connectivity index (χ4v) is 5.98. The molecule has 4 N–H and O–H groups in total. The highest BCUT2D eigenvalue weighted by Crippen LogP contribution is 2.41. The molecule has 0 unspecified atom stereocenters. The van der Waals surface area contributed by atoms with Crippen LogP contribution in [0.1, 0.15) is 42.4 Å². The number of methoxy groups -OCH3 is 1. The van der Waals surface area contributed by atoms with Gasteiger partial charge in [-0.1, -0.05) is 45.1 Å². The number of carbonyl (C=O) groups is 1. The average Bonchev–Trinajstić information content (AvgIpc) is 3.62. The number of amides is 1. The summed E-state index contributed by atoms with van der Waals surface area (Å²) in [4.78, 5) is 23.2. The maximum Gasteiger partial charge on any atom is 0.272 e. The van der Waals surface area contributed by atoms with Gasteiger partial charge in [0, 0.05) is 44.9 Å². The summed E-state index contributed by atoms with van der Waals surface area (Å²) in [5.41, 5.74) is 12.6. The Balaban J connectivity index is 1.42. The molecule has 3 heterocycles. The van der Waals surface area contributed by atoms with Gasteiger partial charge in [0.05, 0.1) is 12.8 Å². The number of likely N-dealkylation sites (N-methyl/N-ethyl adjacent to an activating group) is 1. The number of aromatic nitrogens is 2. The minimum Gasteiger partial charge on any atom is -0.495 e. The standard InChI is InChI=1S/C32H35N5O2S/c1-5-20-10-12-25-23(15-20)16-27(35-25)32(38)36-26-13-11-21(17-28(26)39-4)24-19-40-30-22(18-34-31(33)29(24)30)9-8-14-37(6-2)7-3/h8-13,15-19,35H,5-7,14H2,1-4H3,(H2,33,34)(H,36,38)/b9-8+. The number of carbonyl (C=O) groups excluding carboxylic acids is 1. The topological polar surface area (TPSA) is 96.3 Å². The lowest BCUT2D eigenvalue weighted by atomic mass is 10.0. The summed E-state index contributed by atoms with van der Waals surface area (Å²) in [6.45, 7) is 9.37. The highest BCUT2D eigenvalue weighted by Gasteiger charge is 2.17. The number of pyridine rings is 1. The lowest BCUT2D eigenvalue weighted by Gasteiger charge is -2.14. The molecule has 0 fully saturated rings. The number of hydrogen-bond donors (Lipinski definition) is 3. The summed E-state index contributed by atoms with van der Waals surface area (Å²) in [7, 11) is 1.60. The van der Waals surface area contributed by atoms with E-state index >= 15 is 0 Å². The van der Waals surface area contributed by atoms with Gasteiger partial charge in [0.1, 0.15) is 17.3 Å². The smallest absolute Gasteiger partial charge is 0.272 e. The molecule has 0 radical (unpaired) electrons. The Hall–Kier alpha value is -4.14. The molecule has 0 aliphatic rings. The predicted molar refractivity (Wildman–Crippen MR) is 168 cm³/mol. The molecule has 206 valence electrons. The largest absolute Gasteiger partial charge is 0.495 e. The van der Waals surface area contributed by atoms with Crippen molar-refractivity contribution in [3.05, 3.63) is 76.9 Å². The molecule has 5 aromatic rings. The summed E-state index contributed by atoms with van der Waals surface area (Å²) in [6.07, 6.45) is 7.08. The molecule has 0 saturated heterocycles. The van der Waals surface area contributed by atoms with Crippen LogP contribution in [0.4, 0.5) is 11.5 Å². The number of ether oxygens (including phenoxy) is 1. The van der Waals surface area contributed by atoms with Gasteiger partial charge >= 0.3 is 0 Å². The maximum absolute atomic E-state index is 13.1. The Morgan fingerprint density at radius 3 is 2.73 bits per heavy atom. The van der Waals surface area contributed by atoms with Crippen LogP contribution in [0.25, 0.3) is 38.2 Å². The van der Waals surface area contributed by atoms with Crippen LogP contribution in [-0.2, 0) is 6.42 Å². The van der Waals surface area contributed by atoms with E-state index in [0.717, 1.165) is 63.7 Å². The Morgan fingerprint density at radius 2 is 1.98 bits per heavy atom. The first-order valence-electron chi connectivity index (χ1n) is 13.6. The van der Waals surface area contributed by atoms with E-state index in [1.807, 2.05) is 36.5 Å². The maximum atomic E-state index is 13.1. The van der Waals surface area contributed by atoms with Crippen molar-refractivity contribution in [3.8, 4) is 16.9 Å². The first-order valence-corrected chi connectivity index (χ1v) is 14.5. The highest BCUT2D eigenvalue weighted by molar-refractivity contribution is 7.18. The van der Waals surface area contributed by atoms with Gasteiger partial charge in [0.15, 0.2) is 0 Å². The van der Waals surface area contributed by atoms with Crippen LogP contribution in [0.3, 0.4) is 0 Å². The molecule has 0 spiro atoms. The van der Waals surface area contributed by atoms with Gasteiger partial charge in [-0.2, -0.15) is 0 Å². The summed E-state index contributed by atoms with van der Waals surface area (Å²) >= 11 is 1.65. The molecule has 5 rings (SSSR count). The molecular formula is C32H35N5O2S.